The molecule has 2 rings (SSSR count). The van der Waals surface area contributed by atoms with Crippen molar-refractivity contribution in [1.82, 2.24) is 9.29 Å². The molecular weight excluding hydrogens is 368 g/mol. The van der Waals surface area contributed by atoms with Crippen LogP contribution in [-0.2, 0) is 14.8 Å². The highest BCUT2D eigenvalue weighted by molar-refractivity contribution is 7.89. The summed E-state index contributed by atoms with van der Waals surface area (Å²) in [6, 6.07) is -0.0629. The Morgan fingerprint density at radius 2 is 2.08 bits per heavy atom. The minimum absolute atomic E-state index is 0.0000536. The summed E-state index contributed by atoms with van der Waals surface area (Å²) in [6.07, 6.45) is -4.16. The Morgan fingerprint density at radius 3 is 2.60 bits per heavy atom. The van der Waals surface area contributed by atoms with Crippen molar-refractivity contribution >= 4 is 16.0 Å². The van der Waals surface area contributed by atoms with E-state index in [1.807, 2.05) is 0 Å². The zero-order valence-corrected chi connectivity index (χ0v) is 14.2. The van der Waals surface area contributed by atoms with E-state index < -0.39 is 52.2 Å². The molecule has 0 spiro atoms. The van der Waals surface area contributed by atoms with Crippen molar-refractivity contribution in [2.75, 3.05) is 13.4 Å². The molecule has 142 valence electrons. The van der Waals surface area contributed by atoms with Crippen molar-refractivity contribution in [1.29, 1.82) is 0 Å². The van der Waals surface area contributed by atoms with Crippen molar-refractivity contribution < 1.29 is 35.5 Å². The lowest BCUT2D eigenvalue weighted by Gasteiger charge is -2.25. The van der Waals surface area contributed by atoms with Gasteiger partial charge in [0.25, 0.3) is 0 Å². The van der Waals surface area contributed by atoms with Crippen LogP contribution >= 0.6 is 0 Å². The Labute approximate surface area is 142 Å². The molecule has 6 nitrogen and oxygen atoms in total. The van der Waals surface area contributed by atoms with Crippen molar-refractivity contribution in [3.8, 4) is 0 Å². The summed E-state index contributed by atoms with van der Waals surface area (Å²) in [6.45, 7) is 0.0454. The molecule has 11 heteroatoms. The number of alkyl halides is 4. The van der Waals surface area contributed by atoms with Crippen molar-refractivity contribution in [2.24, 2.45) is 5.92 Å². The van der Waals surface area contributed by atoms with Gasteiger partial charge >= 0.3 is 12.1 Å². The summed E-state index contributed by atoms with van der Waals surface area (Å²) in [4.78, 5) is 13.7. The fourth-order valence-corrected chi connectivity index (χ4v) is 4.54. The maximum Gasteiger partial charge on any atom is 0.391 e. The number of carbonyl (C=O) groups is 1. The van der Waals surface area contributed by atoms with Gasteiger partial charge in [0.05, 0.1) is 12.5 Å². The lowest BCUT2D eigenvalue weighted by atomic mass is 10.1. The predicted molar refractivity (Wildman–Crippen MR) is 78.9 cm³/mol. The third-order valence-electron chi connectivity index (χ3n) is 4.17. The summed E-state index contributed by atoms with van der Waals surface area (Å²) >= 11 is 0. The van der Waals surface area contributed by atoms with Gasteiger partial charge in [-0.2, -0.15) is 17.5 Å². The molecule has 1 aromatic rings. The highest BCUT2D eigenvalue weighted by Gasteiger charge is 2.47. The molecule has 25 heavy (non-hydrogen) atoms. The molecule has 1 fully saturated rings. The number of halogens is 4. The quantitative estimate of drug-likeness (QED) is 0.463. The fraction of sp³-hybridized carbons (Fsp3) is 0.643. The van der Waals surface area contributed by atoms with Crippen LogP contribution in [0.25, 0.3) is 0 Å². The fourth-order valence-electron chi connectivity index (χ4n) is 2.93. The Hall–Kier alpha value is -1.62. The van der Waals surface area contributed by atoms with Crippen LogP contribution in [0.2, 0.25) is 0 Å². The molecule has 0 radical (unpaired) electrons. The van der Waals surface area contributed by atoms with Gasteiger partial charge in [0.15, 0.2) is 6.80 Å². The van der Waals surface area contributed by atoms with Crippen LogP contribution in [-0.4, -0.2) is 49.3 Å². The van der Waals surface area contributed by atoms with Gasteiger partial charge in [-0.3, -0.25) is 0 Å². The van der Waals surface area contributed by atoms with Gasteiger partial charge in [0, 0.05) is 12.2 Å². The summed E-state index contributed by atoms with van der Waals surface area (Å²) in [5, 5.41) is 0. The molecule has 1 heterocycles. The number of hydrogen-bond donors (Lipinski definition) is 1. The average Bonchev–Trinajstić information content (AvgIpc) is 3.17. The predicted octanol–water partition coefficient (Wildman–Crippen LogP) is 2.84. The van der Waals surface area contributed by atoms with E-state index in [0.29, 0.717) is 4.31 Å². The molecule has 1 aliphatic carbocycles. The van der Waals surface area contributed by atoms with Crippen LogP contribution in [0.5, 0.6) is 0 Å². The van der Waals surface area contributed by atoms with Gasteiger partial charge < -0.3 is 9.72 Å². The van der Waals surface area contributed by atoms with Crippen molar-refractivity contribution in [2.45, 2.75) is 43.3 Å². The minimum atomic E-state index is -4.50. The Kier molecular flexibility index (Phi) is 5.77. The van der Waals surface area contributed by atoms with Gasteiger partial charge in [0.2, 0.25) is 10.0 Å². The van der Waals surface area contributed by atoms with E-state index in [9.17, 15) is 30.8 Å². The molecule has 2 atom stereocenters. The number of sulfonamides is 1. The van der Waals surface area contributed by atoms with Gasteiger partial charge in [-0.25, -0.2) is 17.6 Å². The number of aromatic nitrogens is 1. The largest absolute Gasteiger partial charge is 0.461 e. The number of H-pyrrole nitrogens is 1. The van der Waals surface area contributed by atoms with Crippen LogP contribution in [0.15, 0.2) is 17.2 Å². The highest BCUT2D eigenvalue weighted by Crippen LogP contribution is 2.41. The molecule has 0 saturated heterocycles. The van der Waals surface area contributed by atoms with Gasteiger partial charge in [-0.15, -0.1) is 0 Å². The Balaban J connectivity index is 2.29. The molecule has 0 bridgehead atoms. The number of carbonyl (C=O) groups excluding carboxylic acids is 1. The van der Waals surface area contributed by atoms with Crippen LogP contribution in [0.3, 0.4) is 0 Å². The molecule has 2 unspecified atom stereocenters. The van der Waals surface area contributed by atoms with Crippen molar-refractivity contribution in [3.05, 3.63) is 18.0 Å². The Bertz CT molecular complexity index is 717. The van der Waals surface area contributed by atoms with E-state index in [2.05, 4.69) is 4.98 Å². The third kappa shape index (κ3) is 3.97. The first-order chi connectivity index (χ1) is 11.6. The number of aromatic amines is 1. The average molecular weight is 386 g/mol. The minimum Gasteiger partial charge on any atom is -0.461 e. The smallest absolute Gasteiger partial charge is 0.391 e. The first-order valence-electron chi connectivity index (χ1n) is 7.62. The highest BCUT2D eigenvalue weighted by atomic mass is 32.2. The summed E-state index contributed by atoms with van der Waals surface area (Å²) < 4.78 is 82.3. The molecule has 1 N–H and O–H groups in total. The maximum absolute atomic E-state index is 13.4. The topological polar surface area (TPSA) is 79.5 Å². The standard InChI is InChI=1S/C14H18F4N2O4S/c1-2-24-13(21)12-11(5-6-19-12)25(22,23)20(8-15)10-4-3-9(7-10)14(16,17)18/h5-6,9-10,19H,2-4,7-8H2,1H3. The molecule has 0 aliphatic heterocycles. The van der Waals surface area contributed by atoms with Crippen LogP contribution < -0.4 is 0 Å². The van der Waals surface area contributed by atoms with Crippen LogP contribution in [0.4, 0.5) is 17.6 Å². The third-order valence-corrected chi connectivity index (χ3v) is 6.08. The first kappa shape index (κ1) is 19.7. The summed E-state index contributed by atoms with van der Waals surface area (Å²) in [5.41, 5.74) is -0.384. The molecule has 0 amide bonds. The van der Waals surface area contributed by atoms with E-state index in [1.54, 1.807) is 0 Å². The van der Waals surface area contributed by atoms with Gasteiger partial charge in [-0.05, 0) is 32.3 Å². The summed E-state index contributed by atoms with van der Waals surface area (Å²) in [7, 11) is -4.50. The number of rotatable bonds is 6. The second-order valence-electron chi connectivity index (χ2n) is 5.65. The van der Waals surface area contributed by atoms with E-state index >= 15 is 0 Å². The lowest BCUT2D eigenvalue weighted by Crippen LogP contribution is -2.39. The second-order valence-corrected chi connectivity index (χ2v) is 7.51. The second kappa shape index (κ2) is 7.32. The lowest BCUT2D eigenvalue weighted by molar-refractivity contribution is -0.173. The molecule has 1 aromatic heterocycles. The van der Waals surface area contributed by atoms with Gasteiger partial charge in [0.1, 0.15) is 10.6 Å². The molecule has 0 aromatic carbocycles. The number of ether oxygens (including phenoxy) is 1. The SMILES string of the molecule is CCOC(=O)c1[nH]ccc1S(=O)(=O)N(CF)C1CCC(C(F)(F)F)C1. The number of nitrogens with zero attached hydrogens (tertiary/aromatic N) is 1. The maximum atomic E-state index is 13.4. The Morgan fingerprint density at radius 1 is 1.40 bits per heavy atom. The normalized spacial score (nSPS) is 21.7. The zero-order valence-electron chi connectivity index (χ0n) is 13.3. The monoisotopic (exact) mass is 386 g/mol. The number of esters is 1. The zero-order chi connectivity index (χ0) is 18.8. The molecular formula is C14H18F4N2O4S. The molecule has 1 saturated carbocycles. The van der Waals surface area contributed by atoms with Crippen LogP contribution in [0, 0.1) is 5.92 Å². The number of nitrogens with one attached hydrogen (secondary N) is 1. The van der Waals surface area contributed by atoms with E-state index in [0.717, 1.165) is 6.07 Å². The van der Waals surface area contributed by atoms with E-state index in [-0.39, 0.29) is 25.1 Å². The van der Waals surface area contributed by atoms with Crippen molar-refractivity contribution in [3.63, 3.8) is 0 Å². The number of hydrogen-bond acceptors (Lipinski definition) is 4. The molecule has 1 aliphatic rings. The van der Waals surface area contributed by atoms with E-state index in [4.69, 9.17) is 4.74 Å². The summed E-state index contributed by atoms with van der Waals surface area (Å²) in [5.74, 6) is -2.61. The van der Waals surface area contributed by atoms with Gasteiger partial charge in [-0.1, -0.05) is 0 Å². The van der Waals surface area contributed by atoms with Crippen LogP contribution in [0.1, 0.15) is 36.7 Å². The first-order valence-corrected chi connectivity index (χ1v) is 9.06. The van der Waals surface area contributed by atoms with E-state index in [1.165, 1.54) is 13.1 Å².